The van der Waals surface area contributed by atoms with Crippen molar-refractivity contribution < 1.29 is 4.79 Å². The Kier molecular flexibility index (Phi) is 4.49. The van der Waals surface area contributed by atoms with Gasteiger partial charge in [-0.05, 0) is 42.3 Å². The lowest BCUT2D eigenvalue weighted by Gasteiger charge is -2.06. The van der Waals surface area contributed by atoms with Crippen LogP contribution in [-0.2, 0) is 6.42 Å². The summed E-state index contributed by atoms with van der Waals surface area (Å²) in [6, 6.07) is 15.9. The predicted molar refractivity (Wildman–Crippen MR) is 109 cm³/mol. The SMILES string of the molecule is Cc1nn2c(=O)cc(-c3ccc(C(N)=O)cc3)[nH]c2c1Cc1ccc(Cl)cc1. The Labute approximate surface area is 165 Å². The number of nitrogens with one attached hydrogen (secondary N) is 1. The number of aromatic amines is 1. The summed E-state index contributed by atoms with van der Waals surface area (Å²) in [4.78, 5) is 27.2. The van der Waals surface area contributed by atoms with E-state index < -0.39 is 5.91 Å². The number of carbonyl (C=O) groups excluding carboxylic acids is 1. The molecule has 0 unspecified atom stereocenters. The second kappa shape index (κ2) is 6.98. The van der Waals surface area contributed by atoms with E-state index in [1.807, 2.05) is 31.2 Å². The van der Waals surface area contributed by atoms with Crippen molar-refractivity contribution in [3.63, 3.8) is 0 Å². The molecule has 4 aromatic rings. The molecule has 0 aliphatic carbocycles. The van der Waals surface area contributed by atoms with E-state index in [-0.39, 0.29) is 5.56 Å². The predicted octanol–water partition coefficient (Wildman–Crippen LogP) is 3.34. The van der Waals surface area contributed by atoms with Gasteiger partial charge in [0.2, 0.25) is 5.91 Å². The number of rotatable bonds is 4. The molecular formula is C21H17ClN4O2. The lowest BCUT2D eigenvalue weighted by molar-refractivity contribution is 0.100. The minimum absolute atomic E-state index is 0.229. The van der Waals surface area contributed by atoms with Crippen LogP contribution in [0.15, 0.2) is 59.4 Å². The number of aromatic nitrogens is 3. The van der Waals surface area contributed by atoms with Gasteiger partial charge in [-0.15, -0.1) is 0 Å². The molecule has 0 bridgehead atoms. The lowest BCUT2D eigenvalue weighted by Crippen LogP contribution is -2.15. The molecule has 1 amide bonds. The van der Waals surface area contributed by atoms with Gasteiger partial charge in [-0.3, -0.25) is 9.59 Å². The molecule has 0 aliphatic heterocycles. The number of primary amides is 1. The number of fused-ring (bicyclic) bond motifs is 1. The second-order valence-electron chi connectivity index (χ2n) is 6.59. The van der Waals surface area contributed by atoms with Gasteiger partial charge in [0.1, 0.15) is 5.65 Å². The third kappa shape index (κ3) is 3.30. The first-order valence-electron chi connectivity index (χ1n) is 8.68. The van der Waals surface area contributed by atoms with Crippen LogP contribution in [0.25, 0.3) is 16.9 Å². The molecule has 0 radical (unpaired) electrons. The van der Waals surface area contributed by atoms with Crippen molar-refractivity contribution in [2.45, 2.75) is 13.3 Å². The Balaban J connectivity index is 1.81. The topological polar surface area (TPSA) is 93.2 Å². The first-order valence-corrected chi connectivity index (χ1v) is 9.06. The minimum Gasteiger partial charge on any atom is -0.366 e. The fraction of sp³-hybridized carbons (Fsp3) is 0.0952. The van der Waals surface area contributed by atoms with Crippen LogP contribution in [0, 0.1) is 6.92 Å². The van der Waals surface area contributed by atoms with Gasteiger partial charge in [0.15, 0.2) is 0 Å². The van der Waals surface area contributed by atoms with E-state index in [0.717, 1.165) is 22.4 Å². The van der Waals surface area contributed by atoms with Gasteiger partial charge in [0.25, 0.3) is 5.56 Å². The molecule has 0 aliphatic rings. The van der Waals surface area contributed by atoms with Crippen LogP contribution < -0.4 is 11.3 Å². The highest BCUT2D eigenvalue weighted by atomic mass is 35.5. The number of H-pyrrole nitrogens is 1. The van der Waals surface area contributed by atoms with Crippen LogP contribution in [-0.4, -0.2) is 20.5 Å². The average Bonchev–Trinajstić information content (AvgIpc) is 3.00. The number of carbonyl (C=O) groups is 1. The van der Waals surface area contributed by atoms with Crippen molar-refractivity contribution in [2.75, 3.05) is 0 Å². The summed E-state index contributed by atoms with van der Waals surface area (Å²) >= 11 is 5.97. The van der Waals surface area contributed by atoms with Crippen LogP contribution in [0.1, 0.15) is 27.2 Å². The molecule has 0 spiro atoms. The molecule has 0 atom stereocenters. The van der Waals surface area contributed by atoms with Crippen molar-refractivity contribution in [2.24, 2.45) is 5.73 Å². The Bertz CT molecular complexity index is 1240. The van der Waals surface area contributed by atoms with E-state index >= 15 is 0 Å². The molecule has 2 aromatic heterocycles. The highest BCUT2D eigenvalue weighted by Crippen LogP contribution is 2.22. The smallest absolute Gasteiger partial charge is 0.274 e. The summed E-state index contributed by atoms with van der Waals surface area (Å²) < 4.78 is 1.38. The zero-order valence-electron chi connectivity index (χ0n) is 15.1. The molecule has 140 valence electrons. The number of amides is 1. The molecule has 0 fully saturated rings. The van der Waals surface area contributed by atoms with Gasteiger partial charge in [-0.25, -0.2) is 0 Å². The molecule has 3 N–H and O–H groups in total. The number of aryl methyl sites for hydroxylation is 1. The Hall–Kier alpha value is -3.38. The maximum Gasteiger partial charge on any atom is 0.274 e. The Morgan fingerprint density at radius 1 is 1.14 bits per heavy atom. The molecule has 28 heavy (non-hydrogen) atoms. The van der Waals surface area contributed by atoms with Crippen molar-refractivity contribution >= 4 is 23.2 Å². The number of hydrogen-bond donors (Lipinski definition) is 2. The van der Waals surface area contributed by atoms with Crippen LogP contribution in [0.3, 0.4) is 0 Å². The highest BCUT2D eigenvalue weighted by Gasteiger charge is 2.14. The highest BCUT2D eigenvalue weighted by molar-refractivity contribution is 6.30. The van der Waals surface area contributed by atoms with Crippen LogP contribution in [0.5, 0.6) is 0 Å². The lowest BCUT2D eigenvalue weighted by atomic mass is 10.1. The second-order valence-corrected chi connectivity index (χ2v) is 7.03. The largest absolute Gasteiger partial charge is 0.366 e. The van der Waals surface area contributed by atoms with Gasteiger partial charge in [0.05, 0.1) is 11.4 Å². The van der Waals surface area contributed by atoms with Gasteiger partial charge in [-0.1, -0.05) is 35.9 Å². The maximum atomic E-state index is 12.6. The summed E-state index contributed by atoms with van der Waals surface area (Å²) in [5, 5.41) is 5.06. The number of nitrogens with two attached hydrogens (primary N) is 1. The fourth-order valence-corrected chi connectivity index (χ4v) is 3.31. The monoisotopic (exact) mass is 392 g/mol. The van der Waals surface area contributed by atoms with E-state index in [1.54, 1.807) is 24.3 Å². The van der Waals surface area contributed by atoms with Gasteiger partial charge in [0, 0.05) is 28.6 Å². The number of hydrogen-bond acceptors (Lipinski definition) is 3. The van der Waals surface area contributed by atoms with Gasteiger partial charge < -0.3 is 10.7 Å². The third-order valence-electron chi connectivity index (χ3n) is 4.69. The van der Waals surface area contributed by atoms with Crippen LogP contribution in [0.4, 0.5) is 0 Å². The number of nitrogens with zero attached hydrogens (tertiary/aromatic N) is 2. The summed E-state index contributed by atoms with van der Waals surface area (Å²) in [6.45, 7) is 1.88. The van der Waals surface area contributed by atoms with E-state index in [1.165, 1.54) is 10.6 Å². The first kappa shape index (κ1) is 18.0. The normalized spacial score (nSPS) is 11.1. The van der Waals surface area contributed by atoms with Crippen LogP contribution >= 0.6 is 11.6 Å². The summed E-state index contributed by atoms with van der Waals surface area (Å²) in [5.74, 6) is -0.493. The van der Waals surface area contributed by atoms with E-state index in [9.17, 15) is 9.59 Å². The standard InChI is InChI=1S/C21H17ClN4O2/c1-12-17(10-13-2-8-16(22)9-3-13)21-24-18(11-19(27)26(21)25-12)14-4-6-15(7-5-14)20(23)28/h2-9,11,24H,10H2,1H3,(H2,23,28). The van der Waals surface area contributed by atoms with Crippen molar-refractivity contribution in [1.82, 2.24) is 14.6 Å². The molecule has 6 nitrogen and oxygen atoms in total. The fourth-order valence-electron chi connectivity index (χ4n) is 3.18. The summed E-state index contributed by atoms with van der Waals surface area (Å²) in [5.41, 5.74) is 10.3. The quantitative estimate of drug-likeness (QED) is 0.557. The Morgan fingerprint density at radius 2 is 1.82 bits per heavy atom. The van der Waals surface area contributed by atoms with Crippen molar-refractivity contribution in [3.8, 4) is 11.3 Å². The number of halogens is 1. The Morgan fingerprint density at radius 3 is 2.46 bits per heavy atom. The van der Waals surface area contributed by atoms with E-state index in [2.05, 4.69) is 10.1 Å². The summed E-state index contributed by atoms with van der Waals surface area (Å²) in [7, 11) is 0. The van der Waals surface area contributed by atoms with Crippen molar-refractivity contribution in [3.05, 3.63) is 92.4 Å². The zero-order valence-corrected chi connectivity index (χ0v) is 15.8. The molecule has 2 heterocycles. The van der Waals surface area contributed by atoms with Gasteiger partial charge >= 0.3 is 0 Å². The zero-order chi connectivity index (χ0) is 19.8. The van der Waals surface area contributed by atoms with Crippen molar-refractivity contribution in [1.29, 1.82) is 0 Å². The average molecular weight is 393 g/mol. The van der Waals surface area contributed by atoms with Gasteiger partial charge in [-0.2, -0.15) is 9.61 Å². The van der Waals surface area contributed by atoms with Crippen LogP contribution in [0.2, 0.25) is 5.02 Å². The maximum absolute atomic E-state index is 12.6. The molecule has 0 saturated heterocycles. The third-order valence-corrected chi connectivity index (χ3v) is 4.94. The molecule has 0 saturated carbocycles. The summed E-state index contributed by atoms with van der Waals surface area (Å²) in [6.07, 6.45) is 0.618. The van der Waals surface area contributed by atoms with E-state index in [4.69, 9.17) is 17.3 Å². The molecule has 7 heteroatoms. The molecule has 4 rings (SSSR count). The first-order chi connectivity index (χ1) is 13.4. The molecular weight excluding hydrogens is 376 g/mol. The van der Waals surface area contributed by atoms with E-state index in [0.29, 0.717) is 28.3 Å². The number of benzene rings is 2. The minimum atomic E-state index is -0.493. The molecule has 2 aromatic carbocycles.